The van der Waals surface area contributed by atoms with Crippen LogP contribution in [0, 0.1) is 0 Å². The van der Waals surface area contributed by atoms with Crippen molar-refractivity contribution < 1.29 is 0 Å². The number of hydrogen-bond acceptors (Lipinski definition) is 2. The van der Waals surface area contributed by atoms with E-state index in [0.29, 0.717) is 12.4 Å². The number of rotatable bonds is 2. The lowest BCUT2D eigenvalue weighted by molar-refractivity contribution is 0.705. The van der Waals surface area contributed by atoms with E-state index in [1.54, 1.807) is 17.0 Å². The van der Waals surface area contributed by atoms with Gasteiger partial charge in [-0.1, -0.05) is 17.7 Å². The molecule has 0 saturated heterocycles. The normalized spacial score (nSPS) is 11.1. The average molecular weight is 236 g/mol. The summed E-state index contributed by atoms with van der Waals surface area (Å²) in [5.74, 6) is 0.493. The maximum atomic E-state index is 5.48. The Labute approximate surface area is 78.0 Å². The van der Waals surface area contributed by atoms with Gasteiger partial charge in [0.1, 0.15) is 0 Å². The van der Waals surface area contributed by atoms with Gasteiger partial charge in [0, 0.05) is 11.7 Å². The first kappa shape index (κ1) is 8.62. The van der Waals surface area contributed by atoms with Crippen molar-refractivity contribution in [2.45, 2.75) is 6.54 Å². The predicted molar refractivity (Wildman–Crippen MR) is 49.3 cm³/mol. The van der Waals surface area contributed by atoms with Gasteiger partial charge in [-0.3, -0.25) is 4.68 Å². The fraction of sp³-hybridized carbons (Fsp3) is 0.167. The molecule has 0 aromatic carbocycles. The van der Waals surface area contributed by atoms with Crippen LogP contribution in [-0.2, 0) is 6.54 Å². The van der Waals surface area contributed by atoms with Crippen LogP contribution < -0.4 is 5.73 Å². The van der Waals surface area contributed by atoms with Gasteiger partial charge in [-0.05, 0) is 15.9 Å². The van der Waals surface area contributed by atoms with Gasteiger partial charge in [0.15, 0.2) is 5.82 Å². The van der Waals surface area contributed by atoms with Gasteiger partial charge in [-0.2, -0.15) is 5.10 Å². The van der Waals surface area contributed by atoms with Gasteiger partial charge < -0.3 is 5.73 Å². The minimum absolute atomic E-state index is 0.493. The molecular weight excluding hydrogens is 229 g/mol. The van der Waals surface area contributed by atoms with Gasteiger partial charge in [-0.15, -0.1) is 0 Å². The van der Waals surface area contributed by atoms with Gasteiger partial charge in [0.05, 0.1) is 11.0 Å². The van der Waals surface area contributed by atoms with Gasteiger partial charge >= 0.3 is 0 Å². The van der Waals surface area contributed by atoms with Crippen LogP contribution in [0.4, 0.5) is 5.82 Å². The van der Waals surface area contributed by atoms with Crippen molar-refractivity contribution in [3.63, 3.8) is 0 Å². The number of nitrogens with two attached hydrogens (primary N) is 1. The van der Waals surface area contributed by atoms with Crippen LogP contribution in [0.2, 0.25) is 0 Å². The van der Waals surface area contributed by atoms with Crippen molar-refractivity contribution in [2.24, 2.45) is 0 Å². The fourth-order valence-electron chi connectivity index (χ4n) is 0.653. The highest BCUT2D eigenvalue weighted by atomic mass is 79.9. The van der Waals surface area contributed by atoms with E-state index in [-0.39, 0.29) is 0 Å². The summed E-state index contributed by atoms with van der Waals surface area (Å²) in [5, 5.41) is 3.99. The van der Waals surface area contributed by atoms with Crippen LogP contribution in [0.15, 0.2) is 22.3 Å². The van der Waals surface area contributed by atoms with Crippen LogP contribution in [-0.4, -0.2) is 9.78 Å². The second-order valence-corrected chi connectivity index (χ2v) is 3.05. The molecule has 5 heteroatoms. The first-order chi connectivity index (χ1) is 5.24. The van der Waals surface area contributed by atoms with Crippen molar-refractivity contribution in [2.75, 3.05) is 5.73 Å². The SMILES string of the molecule is Nc1nn(C/C=C/Cl)cc1Br. The van der Waals surface area contributed by atoms with Gasteiger partial charge in [-0.25, -0.2) is 0 Å². The molecule has 0 aliphatic carbocycles. The third-order valence-corrected chi connectivity index (χ3v) is 1.91. The molecule has 0 amide bonds. The average Bonchev–Trinajstić information content (AvgIpc) is 2.28. The lowest BCUT2D eigenvalue weighted by Gasteiger charge is -1.91. The summed E-state index contributed by atoms with van der Waals surface area (Å²) < 4.78 is 2.50. The third-order valence-electron chi connectivity index (χ3n) is 1.12. The van der Waals surface area contributed by atoms with Gasteiger partial charge in [0.25, 0.3) is 0 Å². The molecule has 1 aromatic rings. The Morgan fingerprint density at radius 2 is 2.55 bits per heavy atom. The molecule has 11 heavy (non-hydrogen) atoms. The Hall–Kier alpha value is -0.480. The van der Waals surface area contributed by atoms with Crippen molar-refractivity contribution >= 4 is 33.3 Å². The number of hydrogen-bond donors (Lipinski definition) is 1. The largest absolute Gasteiger partial charge is 0.381 e. The molecule has 0 atom stereocenters. The zero-order valence-electron chi connectivity index (χ0n) is 5.67. The molecule has 0 radical (unpaired) electrons. The minimum atomic E-state index is 0.493. The second-order valence-electron chi connectivity index (χ2n) is 1.95. The summed E-state index contributed by atoms with van der Waals surface area (Å²) in [6.07, 6.45) is 3.58. The summed E-state index contributed by atoms with van der Waals surface area (Å²) in [5.41, 5.74) is 6.93. The summed E-state index contributed by atoms with van der Waals surface area (Å²) in [4.78, 5) is 0. The van der Waals surface area contributed by atoms with E-state index in [1.165, 1.54) is 5.54 Å². The van der Waals surface area contributed by atoms with Crippen LogP contribution in [0.5, 0.6) is 0 Å². The highest BCUT2D eigenvalue weighted by molar-refractivity contribution is 9.10. The minimum Gasteiger partial charge on any atom is -0.381 e. The highest BCUT2D eigenvalue weighted by Crippen LogP contribution is 2.15. The molecule has 0 spiro atoms. The van der Waals surface area contributed by atoms with Crippen LogP contribution in [0.25, 0.3) is 0 Å². The summed E-state index contributed by atoms with van der Waals surface area (Å²) >= 11 is 8.58. The molecule has 0 saturated carbocycles. The van der Waals surface area contributed by atoms with E-state index in [0.717, 1.165) is 4.47 Å². The van der Waals surface area contributed by atoms with Crippen molar-refractivity contribution in [3.05, 3.63) is 22.3 Å². The number of nitrogens with zero attached hydrogens (tertiary/aromatic N) is 2. The summed E-state index contributed by atoms with van der Waals surface area (Å²) in [6.45, 7) is 0.638. The van der Waals surface area contributed by atoms with Crippen LogP contribution in [0.3, 0.4) is 0 Å². The zero-order chi connectivity index (χ0) is 8.27. The third kappa shape index (κ3) is 2.24. The first-order valence-electron chi connectivity index (χ1n) is 2.97. The molecular formula is C6H7BrClN3. The number of nitrogen functional groups attached to an aromatic ring is 1. The lowest BCUT2D eigenvalue weighted by Crippen LogP contribution is -1.96. The smallest absolute Gasteiger partial charge is 0.159 e. The summed E-state index contributed by atoms with van der Waals surface area (Å²) in [6, 6.07) is 0. The van der Waals surface area contributed by atoms with E-state index >= 15 is 0 Å². The number of halogens is 2. The Bertz CT molecular complexity index is 249. The predicted octanol–water partition coefficient (Wildman–Crippen LogP) is 1.98. The molecule has 3 nitrogen and oxygen atoms in total. The Morgan fingerprint density at radius 1 is 1.82 bits per heavy atom. The monoisotopic (exact) mass is 235 g/mol. The maximum Gasteiger partial charge on any atom is 0.159 e. The topological polar surface area (TPSA) is 43.8 Å². The quantitative estimate of drug-likeness (QED) is 0.853. The molecule has 2 N–H and O–H groups in total. The molecule has 1 heterocycles. The second kappa shape index (κ2) is 3.78. The number of allylic oxidation sites excluding steroid dienone is 1. The fourth-order valence-corrected chi connectivity index (χ4v) is 1.05. The zero-order valence-corrected chi connectivity index (χ0v) is 8.01. The van der Waals surface area contributed by atoms with E-state index in [2.05, 4.69) is 21.0 Å². The molecule has 60 valence electrons. The molecule has 0 unspecified atom stereocenters. The summed E-state index contributed by atoms with van der Waals surface area (Å²) in [7, 11) is 0. The lowest BCUT2D eigenvalue weighted by atomic mass is 10.6. The van der Waals surface area contributed by atoms with E-state index < -0.39 is 0 Å². The van der Waals surface area contributed by atoms with E-state index in [9.17, 15) is 0 Å². The van der Waals surface area contributed by atoms with Crippen molar-refractivity contribution in [3.8, 4) is 0 Å². The molecule has 0 aliphatic rings. The van der Waals surface area contributed by atoms with Crippen molar-refractivity contribution in [1.82, 2.24) is 9.78 Å². The molecule has 1 rings (SSSR count). The standard InChI is InChI=1S/C6H7BrClN3/c7-5-4-11(3-1-2-8)10-6(5)9/h1-2,4H,3H2,(H2,9,10)/b2-1+. The Kier molecular flexibility index (Phi) is 2.96. The van der Waals surface area contributed by atoms with E-state index in [1.807, 2.05) is 0 Å². The molecule has 0 aliphatic heterocycles. The molecule has 0 bridgehead atoms. The Morgan fingerprint density at radius 3 is 3.00 bits per heavy atom. The molecule has 1 aromatic heterocycles. The first-order valence-corrected chi connectivity index (χ1v) is 4.20. The maximum absolute atomic E-state index is 5.48. The van der Waals surface area contributed by atoms with Crippen LogP contribution in [0.1, 0.15) is 0 Å². The molecule has 0 fully saturated rings. The Balaban J connectivity index is 2.72. The van der Waals surface area contributed by atoms with Crippen molar-refractivity contribution in [1.29, 1.82) is 0 Å². The van der Waals surface area contributed by atoms with Crippen LogP contribution >= 0.6 is 27.5 Å². The van der Waals surface area contributed by atoms with Gasteiger partial charge in [0.2, 0.25) is 0 Å². The van der Waals surface area contributed by atoms with E-state index in [4.69, 9.17) is 17.3 Å². The number of aromatic nitrogens is 2. The highest BCUT2D eigenvalue weighted by Gasteiger charge is 1.99. The number of anilines is 1.